The largest absolute Gasteiger partial charge is 0.504 e. The lowest BCUT2D eigenvalue weighted by molar-refractivity contribution is -0.360. The number of hydrogen-bond acceptors (Lipinski definition) is 16. The first-order valence-electron chi connectivity index (χ1n) is 14.6. The number of aliphatic hydroxyl groups is 6. The summed E-state index contributed by atoms with van der Waals surface area (Å²) < 4.78 is 37.9. The predicted molar refractivity (Wildman–Crippen MR) is 158 cm³/mol. The summed E-state index contributed by atoms with van der Waals surface area (Å²) in [6.45, 7) is -1.34. The third-order valence-corrected chi connectivity index (χ3v) is 7.70. The molecule has 0 amide bonds. The number of hydrogen-bond donors (Lipinski definition) is 8. The smallest absolute Gasteiger partial charge is 0.330 e. The van der Waals surface area contributed by atoms with Gasteiger partial charge >= 0.3 is 5.97 Å². The second-order valence-corrected chi connectivity index (χ2v) is 10.8. The zero-order valence-electron chi connectivity index (χ0n) is 25.6. The SMILES string of the molecule is COc1ccc(CCO[C@@H]2O[C@H](COC(=O)C=Cc3ccc(O)c(OC)c3)[C@@H](O)[C@H](O[C@H]3O[C@H](CO)[C@@H](O)[C@@H](O)[C@H]3O)[C@H]2O)cc1O. The van der Waals surface area contributed by atoms with Gasteiger partial charge in [0.25, 0.3) is 0 Å². The van der Waals surface area contributed by atoms with Crippen molar-refractivity contribution in [1.29, 1.82) is 0 Å². The van der Waals surface area contributed by atoms with Crippen LogP contribution in [0.15, 0.2) is 42.5 Å². The van der Waals surface area contributed by atoms with Gasteiger partial charge in [0, 0.05) is 6.08 Å². The molecule has 2 aliphatic heterocycles. The highest BCUT2D eigenvalue weighted by Crippen LogP contribution is 2.31. The lowest BCUT2D eigenvalue weighted by Crippen LogP contribution is -2.65. The van der Waals surface area contributed by atoms with Gasteiger partial charge in [0.1, 0.15) is 55.4 Å². The van der Waals surface area contributed by atoms with E-state index in [4.69, 9.17) is 33.2 Å². The van der Waals surface area contributed by atoms with Crippen LogP contribution in [-0.4, -0.2) is 142 Å². The molecule has 2 fully saturated rings. The first kappa shape index (κ1) is 36.3. The predicted octanol–water partition coefficient (Wildman–Crippen LogP) is -1.44. The van der Waals surface area contributed by atoms with E-state index in [2.05, 4.69) is 0 Å². The second-order valence-electron chi connectivity index (χ2n) is 10.8. The number of methoxy groups -OCH3 is 2. The van der Waals surface area contributed by atoms with Crippen LogP contribution in [0.4, 0.5) is 0 Å². The minimum atomic E-state index is -1.84. The minimum absolute atomic E-state index is 0.0539. The topological polar surface area (TPSA) is 244 Å². The molecule has 16 heteroatoms. The molecule has 2 heterocycles. The Morgan fingerprint density at radius 3 is 2.21 bits per heavy atom. The van der Waals surface area contributed by atoms with Crippen LogP contribution in [-0.2, 0) is 34.9 Å². The summed E-state index contributed by atoms with van der Waals surface area (Å²) in [5.74, 6) is -0.536. The molecule has 0 bridgehead atoms. The monoisotopic (exact) mass is 668 g/mol. The van der Waals surface area contributed by atoms with Crippen molar-refractivity contribution in [2.45, 2.75) is 67.8 Å². The second kappa shape index (κ2) is 16.5. The fourth-order valence-corrected chi connectivity index (χ4v) is 5.03. The summed E-state index contributed by atoms with van der Waals surface area (Å²) in [7, 11) is 2.78. The number of rotatable bonds is 13. The average molecular weight is 669 g/mol. The van der Waals surface area contributed by atoms with Crippen molar-refractivity contribution in [1.82, 2.24) is 0 Å². The number of benzene rings is 2. The van der Waals surface area contributed by atoms with Gasteiger partial charge in [-0.2, -0.15) is 0 Å². The zero-order valence-corrected chi connectivity index (χ0v) is 25.6. The van der Waals surface area contributed by atoms with Gasteiger partial charge in [0.05, 0.1) is 27.4 Å². The number of ether oxygens (including phenoxy) is 7. The van der Waals surface area contributed by atoms with E-state index in [0.29, 0.717) is 11.1 Å². The zero-order chi connectivity index (χ0) is 34.2. The van der Waals surface area contributed by atoms with E-state index in [-0.39, 0.29) is 36.0 Å². The molecule has 0 unspecified atom stereocenters. The van der Waals surface area contributed by atoms with Crippen LogP contribution < -0.4 is 9.47 Å². The molecule has 16 nitrogen and oxygen atoms in total. The number of esters is 1. The van der Waals surface area contributed by atoms with Crippen LogP contribution in [0.1, 0.15) is 11.1 Å². The Balaban J connectivity index is 1.46. The Hall–Kier alpha value is -3.55. The minimum Gasteiger partial charge on any atom is -0.504 e. The van der Waals surface area contributed by atoms with E-state index in [1.54, 1.807) is 12.1 Å². The van der Waals surface area contributed by atoms with Crippen molar-refractivity contribution in [3.63, 3.8) is 0 Å². The first-order valence-corrected chi connectivity index (χ1v) is 14.6. The maximum absolute atomic E-state index is 12.5. The summed E-state index contributed by atoms with van der Waals surface area (Å²) in [4.78, 5) is 12.5. The van der Waals surface area contributed by atoms with Gasteiger partial charge in [-0.25, -0.2) is 4.79 Å². The first-order chi connectivity index (χ1) is 22.5. The quantitative estimate of drug-likeness (QED) is 0.0900. The molecule has 2 aromatic rings. The number of carbonyl (C=O) groups excluding carboxylic acids is 1. The molecule has 2 aromatic carbocycles. The standard InChI is InChI=1S/C31H40O16/c1-41-19-7-4-16(11-18(19)34)9-10-43-30-28(40)29(47-31-27(39)26(38)24(36)21(13-32)45-31)25(37)22(46-30)14-44-23(35)8-5-15-3-6-17(33)20(12-15)42-2/h3-8,11-12,21-22,24-34,36-40H,9-10,13-14H2,1-2H3/t21-,22-,24-,25-,26-,27-,28-,29+,30-,31-/m1/s1. The number of aliphatic hydroxyl groups excluding tert-OH is 6. The fourth-order valence-electron chi connectivity index (χ4n) is 5.03. The van der Waals surface area contributed by atoms with Crippen molar-refractivity contribution < 1.29 is 78.8 Å². The molecule has 0 spiro atoms. The summed E-state index contributed by atoms with van der Waals surface area (Å²) >= 11 is 0. The van der Waals surface area contributed by atoms with Crippen molar-refractivity contribution in [2.24, 2.45) is 0 Å². The normalized spacial score (nSPS) is 31.1. The van der Waals surface area contributed by atoms with Crippen LogP contribution in [0, 0.1) is 0 Å². The van der Waals surface area contributed by atoms with Crippen LogP contribution in [0.25, 0.3) is 6.08 Å². The molecule has 0 radical (unpaired) electrons. The van der Waals surface area contributed by atoms with Gasteiger partial charge in [-0.15, -0.1) is 0 Å². The number of aromatic hydroxyl groups is 2. The van der Waals surface area contributed by atoms with Gasteiger partial charge in [-0.05, 0) is 47.9 Å². The van der Waals surface area contributed by atoms with Crippen molar-refractivity contribution in [3.05, 3.63) is 53.6 Å². The van der Waals surface area contributed by atoms with E-state index < -0.39 is 80.6 Å². The maximum atomic E-state index is 12.5. The van der Waals surface area contributed by atoms with E-state index in [1.807, 2.05) is 0 Å². The van der Waals surface area contributed by atoms with E-state index in [9.17, 15) is 45.6 Å². The van der Waals surface area contributed by atoms with Crippen molar-refractivity contribution >= 4 is 12.0 Å². The van der Waals surface area contributed by atoms with Crippen LogP contribution >= 0.6 is 0 Å². The molecule has 10 atom stereocenters. The lowest BCUT2D eigenvalue weighted by atomic mass is 9.97. The van der Waals surface area contributed by atoms with Gasteiger partial charge in [0.15, 0.2) is 35.6 Å². The molecular formula is C31H40O16. The molecular weight excluding hydrogens is 628 g/mol. The Morgan fingerprint density at radius 2 is 1.53 bits per heavy atom. The average Bonchev–Trinajstić information content (AvgIpc) is 3.06. The van der Waals surface area contributed by atoms with Gasteiger partial charge in [0.2, 0.25) is 0 Å². The summed E-state index contributed by atoms with van der Waals surface area (Å²) in [5, 5.41) is 82.3. The molecule has 260 valence electrons. The molecule has 8 N–H and O–H groups in total. The van der Waals surface area contributed by atoms with Crippen LogP contribution in [0.3, 0.4) is 0 Å². The molecule has 2 aliphatic rings. The third-order valence-electron chi connectivity index (χ3n) is 7.70. The Labute approximate surface area is 269 Å². The highest BCUT2D eigenvalue weighted by molar-refractivity contribution is 5.87. The number of phenols is 2. The molecule has 0 aliphatic carbocycles. The Morgan fingerprint density at radius 1 is 0.809 bits per heavy atom. The Bertz CT molecular complexity index is 1350. The van der Waals surface area contributed by atoms with E-state index >= 15 is 0 Å². The Kier molecular flexibility index (Phi) is 12.8. The van der Waals surface area contributed by atoms with E-state index in [0.717, 1.165) is 6.08 Å². The third kappa shape index (κ3) is 8.88. The molecule has 0 saturated carbocycles. The van der Waals surface area contributed by atoms with E-state index in [1.165, 1.54) is 44.6 Å². The van der Waals surface area contributed by atoms with Gasteiger partial charge in [-0.3, -0.25) is 0 Å². The van der Waals surface area contributed by atoms with Crippen molar-refractivity contribution in [3.8, 4) is 23.0 Å². The number of carbonyl (C=O) groups is 1. The summed E-state index contributed by atoms with van der Waals surface area (Å²) in [6, 6.07) is 9.14. The number of phenolic OH excluding ortho intramolecular Hbond substituents is 2. The maximum Gasteiger partial charge on any atom is 0.330 e. The lowest BCUT2D eigenvalue weighted by Gasteiger charge is -2.46. The highest BCUT2D eigenvalue weighted by atomic mass is 16.7. The molecule has 47 heavy (non-hydrogen) atoms. The molecule has 2 saturated heterocycles. The highest BCUT2D eigenvalue weighted by Gasteiger charge is 2.51. The summed E-state index contributed by atoms with van der Waals surface area (Å²) in [5.41, 5.74) is 1.17. The fraction of sp³-hybridized carbons (Fsp3) is 0.516. The van der Waals surface area contributed by atoms with Crippen LogP contribution in [0.5, 0.6) is 23.0 Å². The summed E-state index contributed by atoms with van der Waals surface area (Å²) in [6.07, 6.45) is -13.4. The molecule has 4 rings (SSSR count). The van der Waals surface area contributed by atoms with Gasteiger partial charge in [-0.1, -0.05) is 12.1 Å². The molecule has 0 aromatic heterocycles. The van der Waals surface area contributed by atoms with Crippen LogP contribution in [0.2, 0.25) is 0 Å². The van der Waals surface area contributed by atoms with Crippen molar-refractivity contribution in [2.75, 3.05) is 34.0 Å². The van der Waals surface area contributed by atoms with Gasteiger partial charge < -0.3 is 74.0 Å².